The van der Waals surface area contributed by atoms with Gasteiger partial charge in [0, 0.05) is 22.6 Å². The molecule has 0 N–H and O–H groups in total. The minimum Gasteiger partial charge on any atom is -0.484 e. The molecule has 0 heterocycles. The summed E-state index contributed by atoms with van der Waals surface area (Å²) >= 11 is 3.33. The molecule has 0 bridgehead atoms. The fourth-order valence-corrected chi connectivity index (χ4v) is 2.29. The molecule has 0 unspecified atom stereocenters. The van der Waals surface area contributed by atoms with Gasteiger partial charge in [-0.2, -0.15) is 13.2 Å². The van der Waals surface area contributed by atoms with E-state index in [2.05, 4.69) is 20.8 Å². The van der Waals surface area contributed by atoms with Crippen molar-refractivity contribution in [1.82, 2.24) is 4.90 Å². The van der Waals surface area contributed by atoms with Crippen LogP contribution >= 0.6 is 15.9 Å². The SMILES string of the molecule is CN(Cc1cc(Br)ccc1OCC(F)(F)F)C1CC1. The molecule has 19 heavy (non-hydrogen) atoms. The Kier molecular flexibility index (Phi) is 4.40. The van der Waals surface area contributed by atoms with Gasteiger partial charge >= 0.3 is 6.18 Å². The molecule has 1 saturated carbocycles. The van der Waals surface area contributed by atoms with Crippen LogP contribution in [0.15, 0.2) is 22.7 Å². The first-order valence-corrected chi connectivity index (χ1v) is 6.83. The summed E-state index contributed by atoms with van der Waals surface area (Å²) in [5.41, 5.74) is 0.771. The van der Waals surface area contributed by atoms with Crippen molar-refractivity contribution in [2.45, 2.75) is 31.6 Å². The van der Waals surface area contributed by atoms with Crippen molar-refractivity contribution in [2.75, 3.05) is 13.7 Å². The largest absolute Gasteiger partial charge is 0.484 e. The van der Waals surface area contributed by atoms with Crippen LogP contribution in [0.4, 0.5) is 13.2 Å². The average molecular weight is 338 g/mol. The fourth-order valence-electron chi connectivity index (χ4n) is 1.89. The highest BCUT2D eigenvalue weighted by Gasteiger charge is 2.30. The normalized spacial score (nSPS) is 15.9. The third kappa shape index (κ3) is 4.69. The number of alkyl halides is 3. The van der Waals surface area contributed by atoms with Crippen molar-refractivity contribution < 1.29 is 17.9 Å². The predicted molar refractivity (Wildman–Crippen MR) is 70.2 cm³/mol. The van der Waals surface area contributed by atoms with Crippen molar-refractivity contribution in [2.24, 2.45) is 0 Å². The third-order valence-corrected chi connectivity index (χ3v) is 3.50. The van der Waals surface area contributed by atoms with Gasteiger partial charge < -0.3 is 4.74 Å². The van der Waals surface area contributed by atoms with Crippen molar-refractivity contribution in [1.29, 1.82) is 0 Å². The highest BCUT2D eigenvalue weighted by Crippen LogP contribution is 2.31. The lowest BCUT2D eigenvalue weighted by Crippen LogP contribution is -2.22. The molecule has 0 saturated heterocycles. The summed E-state index contributed by atoms with van der Waals surface area (Å²) in [6, 6.07) is 5.62. The van der Waals surface area contributed by atoms with E-state index in [1.165, 1.54) is 0 Å². The maximum atomic E-state index is 12.2. The molecule has 2 nitrogen and oxygen atoms in total. The molecule has 0 aromatic heterocycles. The zero-order valence-corrected chi connectivity index (χ0v) is 12.1. The van der Waals surface area contributed by atoms with E-state index in [9.17, 15) is 13.2 Å². The molecule has 1 aliphatic rings. The summed E-state index contributed by atoms with van der Waals surface area (Å²) in [5, 5.41) is 0. The zero-order valence-electron chi connectivity index (χ0n) is 10.5. The Morgan fingerprint density at radius 3 is 2.63 bits per heavy atom. The van der Waals surface area contributed by atoms with Crippen LogP contribution in [0.25, 0.3) is 0 Å². The third-order valence-electron chi connectivity index (χ3n) is 3.00. The number of ether oxygens (including phenoxy) is 1. The first kappa shape index (κ1) is 14.7. The van der Waals surface area contributed by atoms with Gasteiger partial charge in [0.25, 0.3) is 0 Å². The van der Waals surface area contributed by atoms with Crippen molar-refractivity contribution >= 4 is 15.9 Å². The van der Waals surface area contributed by atoms with Gasteiger partial charge in [-0.15, -0.1) is 0 Å². The summed E-state index contributed by atoms with van der Waals surface area (Å²) in [6.45, 7) is -0.661. The van der Waals surface area contributed by atoms with E-state index in [1.54, 1.807) is 12.1 Å². The van der Waals surface area contributed by atoms with Gasteiger partial charge in [-0.05, 0) is 38.1 Å². The number of rotatable bonds is 5. The van der Waals surface area contributed by atoms with E-state index < -0.39 is 12.8 Å². The number of nitrogens with zero attached hydrogens (tertiary/aromatic N) is 1. The molecule has 1 fully saturated rings. The summed E-state index contributed by atoms with van der Waals surface area (Å²) in [4.78, 5) is 2.14. The molecule has 6 heteroatoms. The monoisotopic (exact) mass is 337 g/mol. The van der Waals surface area contributed by atoms with E-state index >= 15 is 0 Å². The first-order chi connectivity index (χ1) is 8.85. The zero-order chi connectivity index (χ0) is 14.0. The van der Waals surface area contributed by atoms with E-state index in [0.717, 1.165) is 22.9 Å². The Bertz CT molecular complexity index is 446. The standard InChI is InChI=1S/C13H15BrF3NO/c1-18(11-3-4-11)7-9-6-10(14)2-5-12(9)19-8-13(15,16)17/h2,5-6,11H,3-4,7-8H2,1H3. The van der Waals surface area contributed by atoms with Crippen LogP contribution in [0.2, 0.25) is 0 Å². The fraction of sp³-hybridized carbons (Fsp3) is 0.538. The Balaban J connectivity index is 2.07. The predicted octanol–water partition coefficient (Wildman–Crippen LogP) is 3.98. The smallest absolute Gasteiger partial charge is 0.422 e. The Hall–Kier alpha value is -0.750. The molecule has 0 spiro atoms. The Morgan fingerprint density at radius 1 is 1.37 bits per heavy atom. The van der Waals surface area contributed by atoms with Gasteiger partial charge in [0.15, 0.2) is 6.61 Å². The summed E-state index contributed by atoms with van der Waals surface area (Å²) in [7, 11) is 1.98. The molecule has 2 rings (SSSR count). The van der Waals surface area contributed by atoms with Crippen LogP contribution in [-0.2, 0) is 6.54 Å². The van der Waals surface area contributed by atoms with Gasteiger partial charge in [0.05, 0.1) is 0 Å². The second kappa shape index (κ2) is 5.71. The van der Waals surface area contributed by atoms with Gasteiger partial charge in [-0.1, -0.05) is 15.9 Å². The number of halogens is 4. The maximum Gasteiger partial charge on any atom is 0.422 e. The van der Waals surface area contributed by atoms with Crippen molar-refractivity contribution in [3.8, 4) is 5.75 Å². The minimum absolute atomic E-state index is 0.299. The number of hydrogen-bond acceptors (Lipinski definition) is 2. The van der Waals surface area contributed by atoms with E-state index in [1.807, 2.05) is 13.1 Å². The molecule has 1 aliphatic carbocycles. The van der Waals surface area contributed by atoms with Gasteiger partial charge in [0.2, 0.25) is 0 Å². The molecule has 0 radical (unpaired) electrons. The van der Waals surface area contributed by atoms with Crippen LogP contribution < -0.4 is 4.74 Å². The Morgan fingerprint density at radius 2 is 2.05 bits per heavy atom. The van der Waals surface area contributed by atoms with Gasteiger partial charge in [-0.3, -0.25) is 4.90 Å². The Labute approximate surface area is 118 Å². The van der Waals surface area contributed by atoms with Crippen LogP contribution in [-0.4, -0.2) is 30.8 Å². The van der Waals surface area contributed by atoms with Crippen LogP contribution in [0.1, 0.15) is 18.4 Å². The minimum atomic E-state index is -4.31. The highest BCUT2D eigenvalue weighted by atomic mass is 79.9. The topological polar surface area (TPSA) is 12.5 Å². The molecule has 1 aromatic carbocycles. The van der Waals surface area contributed by atoms with Crippen LogP contribution in [0.5, 0.6) is 5.75 Å². The molecular formula is C13H15BrF3NO. The first-order valence-electron chi connectivity index (χ1n) is 6.03. The average Bonchev–Trinajstić information content (AvgIpc) is 3.10. The van der Waals surface area contributed by atoms with Crippen LogP contribution in [0.3, 0.4) is 0 Å². The van der Waals surface area contributed by atoms with Crippen molar-refractivity contribution in [3.05, 3.63) is 28.2 Å². The quantitative estimate of drug-likeness (QED) is 0.805. The lowest BCUT2D eigenvalue weighted by Gasteiger charge is -2.19. The van der Waals surface area contributed by atoms with Crippen molar-refractivity contribution in [3.63, 3.8) is 0 Å². The maximum absolute atomic E-state index is 12.2. The molecule has 0 atom stereocenters. The molecule has 1 aromatic rings. The van der Waals surface area contributed by atoms with E-state index in [4.69, 9.17) is 4.74 Å². The summed E-state index contributed by atoms with van der Waals surface area (Å²) in [5.74, 6) is 0.299. The molecule has 0 aliphatic heterocycles. The second-order valence-electron chi connectivity index (χ2n) is 4.80. The molecular weight excluding hydrogens is 323 g/mol. The van der Waals surface area contributed by atoms with E-state index in [0.29, 0.717) is 18.3 Å². The number of benzene rings is 1. The molecule has 0 amide bonds. The van der Waals surface area contributed by atoms with E-state index in [-0.39, 0.29) is 0 Å². The summed E-state index contributed by atoms with van der Waals surface area (Å²) < 4.78 is 42.3. The second-order valence-corrected chi connectivity index (χ2v) is 5.72. The highest BCUT2D eigenvalue weighted by molar-refractivity contribution is 9.10. The summed E-state index contributed by atoms with van der Waals surface area (Å²) in [6.07, 6.45) is -2.00. The van der Waals surface area contributed by atoms with Gasteiger partial charge in [-0.25, -0.2) is 0 Å². The van der Waals surface area contributed by atoms with Gasteiger partial charge in [0.1, 0.15) is 5.75 Å². The lowest BCUT2D eigenvalue weighted by molar-refractivity contribution is -0.153. The van der Waals surface area contributed by atoms with Crippen LogP contribution in [0, 0.1) is 0 Å². The molecule has 106 valence electrons. The number of hydrogen-bond donors (Lipinski definition) is 0. The lowest BCUT2D eigenvalue weighted by atomic mass is 10.2.